The summed E-state index contributed by atoms with van der Waals surface area (Å²) in [5.41, 5.74) is 2.71. The van der Waals surface area contributed by atoms with Crippen LogP contribution in [0.1, 0.15) is 53.6 Å². The molecule has 2 atom stereocenters. The Morgan fingerprint density at radius 3 is 2.87 bits per heavy atom. The van der Waals surface area contributed by atoms with Crippen LogP contribution in [0.15, 0.2) is 18.2 Å². The third kappa shape index (κ3) is 4.18. The second-order valence-electron chi connectivity index (χ2n) is 6.00. The maximum absolute atomic E-state index is 12.3. The average molecular weight is 317 g/mol. The standard InChI is InChI=1S/C18H23NO4/c1-3-4-15(10-19-18(22)23-2)13-5-6-14-7-12(11-20)8-17(21)16(14)9-13/h5-6,9,11-12,15H,3-4,7-8,10H2,1-2H3,(H,19,22). The molecule has 1 N–H and O–H groups in total. The molecule has 124 valence electrons. The van der Waals surface area contributed by atoms with Crippen molar-refractivity contribution in [2.24, 2.45) is 5.92 Å². The second kappa shape index (κ2) is 7.90. The zero-order valence-corrected chi connectivity index (χ0v) is 13.6. The van der Waals surface area contributed by atoms with E-state index in [1.165, 1.54) is 7.11 Å². The number of aldehydes is 1. The smallest absolute Gasteiger partial charge is 0.406 e. The zero-order valence-electron chi connectivity index (χ0n) is 13.6. The molecule has 0 fully saturated rings. The van der Waals surface area contributed by atoms with Gasteiger partial charge < -0.3 is 14.8 Å². The van der Waals surface area contributed by atoms with Gasteiger partial charge in [-0.15, -0.1) is 0 Å². The maximum Gasteiger partial charge on any atom is 0.406 e. The fourth-order valence-corrected chi connectivity index (χ4v) is 3.10. The van der Waals surface area contributed by atoms with Crippen molar-refractivity contribution in [1.82, 2.24) is 5.32 Å². The van der Waals surface area contributed by atoms with E-state index < -0.39 is 6.09 Å². The van der Waals surface area contributed by atoms with Gasteiger partial charge in [-0.2, -0.15) is 0 Å². The molecule has 1 aromatic carbocycles. The molecule has 5 heteroatoms. The van der Waals surface area contributed by atoms with Crippen LogP contribution in [0.5, 0.6) is 0 Å². The van der Waals surface area contributed by atoms with Crippen LogP contribution >= 0.6 is 0 Å². The number of Topliss-reactive ketones (excluding diaryl/α,β-unsaturated/α-hetero) is 1. The van der Waals surface area contributed by atoms with E-state index in [0.29, 0.717) is 19.4 Å². The van der Waals surface area contributed by atoms with E-state index in [0.717, 1.165) is 35.8 Å². The monoisotopic (exact) mass is 317 g/mol. The largest absolute Gasteiger partial charge is 0.453 e. The van der Waals surface area contributed by atoms with Crippen molar-refractivity contribution in [3.63, 3.8) is 0 Å². The van der Waals surface area contributed by atoms with Crippen molar-refractivity contribution in [3.8, 4) is 0 Å². The van der Waals surface area contributed by atoms with Gasteiger partial charge in [-0.3, -0.25) is 4.79 Å². The van der Waals surface area contributed by atoms with Gasteiger partial charge in [0.2, 0.25) is 0 Å². The topological polar surface area (TPSA) is 72.5 Å². The van der Waals surface area contributed by atoms with Crippen LogP contribution in [0.2, 0.25) is 0 Å². The fraction of sp³-hybridized carbons (Fsp3) is 0.500. The fourth-order valence-electron chi connectivity index (χ4n) is 3.10. The van der Waals surface area contributed by atoms with Gasteiger partial charge in [0.05, 0.1) is 7.11 Å². The first-order valence-electron chi connectivity index (χ1n) is 8.02. The van der Waals surface area contributed by atoms with Crippen molar-refractivity contribution in [3.05, 3.63) is 34.9 Å². The predicted molar refractivity (Wildman–Crippen MR) is 86.7 cm³/mol. The summed E-state index contributed by atoms with van der Waals surface area (Å²) in [4.78, 5) is 34.5. The lowest BCUT2D eigenvalue weighted by Crippen LogP contribution is -2.28. The Bertz CT molecular complexity index is 597. The van der Waals surface area contributed by atoms with E-state index in [1.807, 2.05) is 18.2 Å². The van der Waals surface area contributed by atoms with Crippen molar-refractivity contribution < 1.29 is 19.1 Å². The summed E-state index contributed by atoms with van der Waals surface area (Å²) in [6.45, 7) is 2.56. The van der Waals surface area contributed by atoms with Gasteiger partial charge in [0.25, 0.3) is 0 Å². The van der Waals surface area contributed by atoms with Crippen LogP contribution in [-0.4, -0.2) is 31.8 Å². The predicted octanol–water partition coefficient (Wildman–Crippen LogP) is 2.87. The van der Waals surface area contributed by atoms with E-state index in [-0.39, 0.29) is 17.6 Å². The molecule has 1 aromatic rings. The molecule has 0 heterocycles. The highest BCUT2D eigenvalue weighted by molar-refractivity contribution is 6.00. The summed E-state index contributed by atoms with van der Waals surface area (Å²) in [5, 5.41) is 2.73. The van der Waals surface area contributed by atoms with Gasteiger partial charge >= 0.3 is 6.09 Å². The van der Waals surface area contributed by atoms with Crippen molar-refractivity contribution in [2.45, 2.75) is 38.5 Å². The number of carbonyl (C=O) groups is 3. The third-order valence-corrected chi connectivity index (χ3v) is 4.34. The summed E-state index contributed by atoms with van der Waals surface area (Å²) in [5.74, 6) is -0.0318. The van der Waals surface area contributed by atoms with E-state index in [2.05, 4.69) is 17.0 Å². The first-order valence-corrected chi connectivity index (χ1v) is 8.02. The highest BCUT2D eigenvalue weighted by atomic mass is 16.5. The minimum atomic E-state index is -0.450. The van der Waals surface area contributed by atoms with Gasteiger partial charge in [-0.05, 0) is 30.0 Å². The molecule has 1 aliphatic rings. The molecule has 0 aliphatic heterocycles. The number of ether oxygens (including phenoxy) is 1. The van der Waals surface area contributed by atoms with Crippen LogP contribution in [0.3, 0.4) is 0 Å². The quantitative estimate of drug-likeness (QED) is 0.819. The number of benzene rings is 1. The number of hydrogen-bond donors (Lipinski definition) is 1. The molecule has 0 aromatic heterocycles. The van der Waals surface area contributed by atoms with Crippen LogP contribution < -0.4 is 5.32 Å². The number of rotatable bonds is 6. The summed E-state index contributed by atoms with van der Waals surface area (Å²) < 4.78 is 4.61. The number of nitrogens with one attached hydrogen (secondary N) is 1. The number of amides is 1. The summed E-state index contributed by atoms with van der Waals surface area (Å²) in [7, 11) is 1.34. The normalized spacial score (nSPS) is 18.0. The highest BCUT2D eigenvalue weighted by Crippen LogP contribution is 2.29. The zero-order chi connectivity index (χ0) is 16.8. The molecular weight excluding hydrogens is 294 g/mol. The molecule has 2 unspecified atom stereocenters. The third-order valence-electron chi connectivity index (χ3n) is 4.34. The van der Waals surface area contributed by atoms with Gasteiger partial charge in [-0.25, -0.2) is 4.79 Å². The number of fused-ring (bicyclic) bond motifs is 1. The lowest BCUT2D eigenvalue weighted by atomic mass is 9.81. The first-order chi connectivity index (χ1) is 11.1. The molecule has 0 saturated heterocycles. The van der Waals surface area contributed by atoms with Crippen LogP contribution in [0, 0.1) is 5.92 Å². The van der Waals surface area contributed by atoms with Gasteiger partial charge in [0, 0.05) is 30.4 Å². The van der Waals surface area contributed by atoms with Crippen molar-refractivity contribution >= 4 is 18.2 Å². The molecule has 0 spiro atoms. The number of hydrogen-bond acceptors (Lipinski definition) is 4. The van der Waals surface area contributed by atoms with Crippen LogP contribution in [0.4, 0.5) is 4.79 Å². The minimum Gasteiger partial charge on any atom is -0.453 e. The van der Waals surface area contributed by atoms with E-state index in [4.69, 9.17) is 0 Å². The Labute approximate surface area is 136 Å². The molecule has 0 saturated carbocycles. The van der Waals surface area contributed by atoms with Gasteiger partial charge in [-0.1, -0.05) is 25.5 Å². The number of ketones is 1. The molecular formula is C18H23NO4. The summed E-state index contributed by atoms with van der Waals surface area (Å²) in [6.07, 6.45) is 3.23. The van der Waals surface area contributed by atoms with E-state index in [9.17, 15) is 14.4 Å². The van der Waals surface area contributed by atoms with E-state index >= 15 is 0 Å². The van der Waals surface area contributed by atoms with Gasteiger partial charge in [0.15, 0.2) is 5.78 Å². The highest BCUT2D eigenvalue weighted by Gasteiger charge is 2.25. The van der Waals surface area contributed by atoms with Crippen molar-refractivity contribution in [1.29, 1.82) is 0 Å². The maximum atomic E-state index is 12.3. The average Bonchev–Trinajstić information content (AvgIpc) is 2.57. The molecule has 0 radical (unpaired) electrons. The molecule has 23 heavy (non-hydrogen) atoms. The van der Waals surface area contributed by atoms with Crippen LogP contribution in [-0.2, 0) is 16.0 Å². The van der Waals surface area contributed by atoms with E-state index in [1.54, 1.807) is 0 Å². The SMILES string of the molecule is CCCC(CNC(=O)OC)c1ccc2c(c1)C(=O)CC(C=O)C2. The lowest BCUT2D eigenvalue weighted by Gasteiger charge is -2.23. The molecule has 1 amide bonds. The Balaban J connectivity index is 2.21. The number of carbonyl (C=O) groups excluding carboxylic acids is 3. The summed E-state index contributed by atoms with van der Waals surface area (Å²) in [6, 6.07) is 5.87. The van der Waals surface area contributed by atoms with Gasteiger partial charge in [0.1, 0.15) is 6.29 Å². The lowest BCUT2D eigenvalue weighted by molar-refractivity contribution is -0.111. The second-order valence-corrected chi connectivity index (χ2v) is 6.00. The molecule has 5 nitrogen and oxygen atoms in total. The number of alkyl carbamates (subject to hydrolysis) is 1. The molecule has 1 aliphatic carbocycles. The first kappa shape index (κ1) is 17.2. The molecule has 0 bridgehead atoms. The van der Waals surface area contributed by atoms with Crippen LogP contribution in [0.25, 0.3) is 0 Å². The Hall–Kier alpha value is -2.17. The Morgan fingerprint density at radius 1 is 1.43 bits per heavy atom. The minimum absolute atomic E-state index is 0.0291. The van der Waals surface area contributed by atoms with Crippen molar-refractivity contribution in [2.75, 3.05) is 13.7 Å². The Morgan fingerprint density at radius 2 is 2.22 bits per heavy atom. The molecule has 2 rings (SSSR count). The Kier molecular flexibility index (Phi) is 5.90. The summed E-state index contributed by atoms with van der Waals surface area (Å²) >= 11 is 0. The number of methoxy groups -OCH3 is 1.